The summed E-state index contributed by atoms with van der Waals surface area (Å²) >= 11 is 0. The lowest BCUT2D eigenvalue weighted by molar-refractivity contribution is 0.0247. The van der Waals surface area contributed by atoms with Crippen molar-refractivity contribution in [2.75, 3.05) is 70.0 Å². The zero-order valence-corrected chi connectivity index (χ0v) is 23.2. The number of nitrogens with zero attached hydrogens (tertiary/aromatic N) is 3. The fraction of sp³-hybridized carbons (Fsp3) is 0.517. The molecule has 1 aliphatic rings. The van der Waals surface area contributed by atoms with Crippen molar-refractivity contribution >= 4 is 28.3 Å². The maximum Gasteiger partial charge on any atom is 0.270 e. The topological polar surface area (TPSA) is 112 Å². The van der Waals surface area contributed by atoms with Crippen LogP contribution in [-0.2, 0) is 9.47 Å². The zero-order chi connectivity index (χ0) is 27.6. The van der Waals surface area contributed by atoms with Crippen LogP contribution < -0.4 is 15.0 Å². The molecule has 1 fully saturated rings. The van der Waals surface area contributed by atoms with Crippen LogP contribution in [0.1, 0.15) is 37.2 Å². The van der Waals surface area contributed by atoms with Gasteiger partial charge in [0, 0.05) is 55.4 Å². The van der Waals surface area contributed by atoms with E-state index in [9.17, 15) is 4.79 Å². The molecule has 3 heterocycles. The van der Waals surface area contributed by atoms with E-state index in [0.717, 1.165) is 35.2 Å². The summed E-state index contributed by atoms with van der Waals surface area (Å²) in [5, 5.41) is 13.1. The van der Waals surface area contributed by atoms with Crippen LogP contribution in [0.4, 0.5) is 11.5 Å². The number of likely N-dealkylation sites (tertiary alicyclic amines) is 1. The van der Waals surface area contributed by atoms with Gasteiger partial charge in [-0.3, -0.25) is 4.79 Å². The molecule has 0 radical (unpaired) electrons. The number of fused-ring (bicyclic) bond motifs is 1. The fourth-order valence-electron chi connectivity index (χ4n) is 4.82. The van der Waals surface area contributed by atoms with E-state index in [1.165, 1.54) is 0 Å². The first-order chi connectivity index (χ1) is 19.0. The van der Waals surface area contributed by atoms with Crippen molar-refractivity contribution in [2.24, 2.45) is 0 Å². The Balaban J connectivity index is 1.28. The van der Waals surface area contributed by atoms with Gasteiger partial charge in [0.15, 0.2) is 5.82 Å². The van der Waals surface area contributed by atoms with E-state index in [1.807, 2.05) is 41.4 Å². The first kappa shape index (κ1) is 28.7. The molecule has 39 heavy (non-hydrogen) atoms. The van der Waals surface area contributed by atoms with Crippen molar-refractivity contribution in [1.29, 1.82) is 0 Å². The van der Waals surface area contributed by atoms with Gasteiger partial charge in [0.05, 0.1) is 38.7 Å². The molecule has 212 valence electrons. The third-order valence-corrected chi connectivity index (χ3v) is 6.79. The largest absolute Gasteiger partial charge is 0.491 e. The number of carbonyl (C=O) groups excluding carboxylic acids is 1. The van der Waals surface area contributed by atoms with Crippen LogP contribution in [0.25, 0.3) is 10.9 Å². The summed E-state index contributed by atoms with van der Waals surface area (Å²) in [6.07, 6.45) is 3.59. The van der Waals surface area contributed by atoms with Crippen LogP contribution in [-0.4, -0.2) is 97.7 Å². The number of benzene rings is 1. The molecule has 1 aliphatic heterocycles. The molecule has 0 spiro atoms. The Labute approximate surface area is 230 Å². The van der Waals surface area contributed by atoms with E-state index in [0.29, 0.717) is 69.7 Å². The highest BCUT2D eigenvalue weighted by atomic mass is 16.5. The Morgan fingerprint density at radius 1 is 1.13 bits per heavy atom. The number of piperidine rings is 1. The normalized spacial score (nSPS) is 14.2. The van der Waals surface area contributed by atoms with E-state index in [4.69, 9.17) is 19.3 Å². The monoisotopic (exact) mass is 539 g/mol. The molecule has 4 rings (SSSR count). The molecule has 3 N–H and O–H groups in total. The van der Waals surface area contributed by atoms with E-state index in [2.05, 4.69) is 47.1 Å². The molecule has 10 nitrogen and oxygen atoms in total. The van der Waals surface area contributed by atoms with Crippen LogP contribution in [0.15, 0.2) is 42.6 Å². The number of carbonyl (C=O) groups is 1. The molecule has 1 saturated heterocycles. The SMILES string of the molecule is CC(C)Nc1cccnc1N(C)C1CCN(C(=O)c2cc3ccc(OCCOCCOCCO)cc3[nH]2)CC1. The summed E-state index contributed by atoms with van der Waals surface area (Å²) in [5.41, 5.74) is 2.49. The number of pyridine rings is 1. The van der Waals surface area contributed by atoms with Gasteiger partial charge in [0.2, 0.25) is 0 Å². The first-order valence-corrected chi connectivity index (χ1v) is 13.7. The van der Waals surface area contributed by atoms with Gasteiger partial charge >= 0.3 is 0 Å². The second kappa shape index (κ2) is 14.2. The van der Waals surface area contributed by atoms with E-state index in [1.54, 1.807) is 0 Å². The number of ether oxygens (including phenoxy) is 3. The van der Waals surface area contributed by atoms with Crippen molar-refractivity contribution in [3.05, 3.63) is 48.3 Å². The molecule has 0 atom stereocenters. The Kier molecular flexibility index (Phi) is 10.4. The smallest absolute Gasteiger partial charge is 0.270 e. The molecule has 0 aliphatic carbocycles. The molecule has 0 bridgehead atoms. The zero-order valence-electron chi connectivity index (χ0n) is 23.2. The lowest BCUT2D eigenvalue weighted by atomic mass is 10.0. The van der Waals surface area contributed by atoms with Gasteiger partial charge in [-0.05, 0) is 57.0 Å². The van der Waals surface area contributed by atoms with Crippen molar-refractivity contribution in [3.63, 3.8) is 0 Å². The number of aliphatic hydroxyl groups excluding tert-OH is 1. The third-order valence-electron chi connectivity index (χ3n) is 6.79. The van der Waals surface area contributed by atoms with E-state index < -0.39 is 0 Å². The maximum atomic E-state index is 13.3. The second-order valence-electron chi connectivity index (χ2n) is 10.0. The predicted octanol–water partition coefficient (Wildman–Crippen LogP) is 3.53. The number of aromatic nitrogens is 2. The van der Waals surface area contributed by atoms with Gasteiger partial charge in [0.25, 0.3) is 5.91 Å². The third kappa shape index (κ3) is 7.84. The van der Waals surface area contributed by atoms with Crippen molar-refractivity contribution < 1.29 is 24.1 Å². The Morgan fingerprint density at radius 2 is 1.87 bits per heavy atom. The average molecular weight is 540 g/mol. The summed E-state index contributed by atoms with van der Waals surface area (Å²) in [6.45, 7) is 7.72. The number of hydrogen-bond donors (Lipinski definition) is 3. The highest BCUT2D eigenvalue weighted by Gasteiger charge is 2.28. The standard InChI is InChI=1S/C29H41N5O5/c1-21(2)31-25-5-4-10-30-28(25)33(3)23-8-11-34(12-9-23)29(36)27-19-22-6-7-24(20-26(22)32-27)39-18-17-38-16-15-37-14-13-35/h4-7,10,19-21,23,31-32,35H,8-9,11-18H2,1-3H3. The van der Waals surface area contributed by atoms with Gasteiger partial charge < -0.3 is 39.4 Å². The first-order valence-electron chi connectivity index (χ1n) is 13.7. The van der Waals surface area contributed by atoms with Gasteiger partial charge in [-0.15, -0.1) is 0 Å². The number of aliphatic hydroxyl groups is 1. The van der Waals surface area contributed by atoms with Crippen LogP contribution in [0, 0.1) is 0 Å². The molecule has 1 amide bonds. The molecular formula is C29H41N5O5. The quantitative estimate of drug-likeness (QED) is 0.267. The number of nitrogens with one attached hydrogen (secondary N) is 2. The van der Waals surface area contributed by atoms with Crippen LogP contribution in [0.2, 0.25) is 0 Å². The highest BCUT2D eigenvalue weighted by Crippen LogP contribution is 2.28. The summed E-state index contributed by atoms with van der Waals surface area (Å²) in [5.74, 6) is 1.68. The molecule has 2 aromatic heterocycles. The number of anilines is 2. The lowest BCUT2D eigenvalue weighted by Crippen LogP contribution is -2.46. The Bertz CT molecular complexity index is 1190. The van der Waals surface area contributed by atoms with Gasteiger partial charge in [-0.2, -0.15) is 0 Å². The van der Waals surface area contributed by atoms with Gasteiger partial charge in [-0.25, -0.2) is 4.98 Å². The van der Waals surface area contributed by atoms with E-state index >= 15 is 0 Å². The maximum absolute atomic E-state index is 13.3. The van der Waals surface area contributed by atoms with Crippen LogP contribution >= 0.6 is 0 Å². The van der Waals surface area contributed by atoms with E-state index in [-0.39, 0.29) is 12.5 Å². The molecule has 3 aromatic rings. The average Bonchev–Trinajstić information content (AvgIpc) is 3.37. The highest BCUT2D eigenvalue weighted by molar-refractivity contribution is 5.98. The van der Waals surface area contributed by atoms with Crippen molar-refractivity contribution in [3.8, 4) is 5.75 Å². The van der Waals surface area contributed by atoms with Crippen LogP contribution in [0.3, 0.4) is 0 Å². The molecular weight excluding hydrogens is 498 g/mol. The minimum atomic E-state index is 0.0118. The predicted molar refractivity (Wildman–Crippen MR) is 153 cm³/mol. The van der Waals surface area contributed by atoms with Gasteiger partial charge in [-0.1, -0.05) is 0 Å². The number of hydrogen-bond acceptors (Lipinski definition) is 8. The van der Waals surface area contributed by atoms with Gasteiger partial charge in [0.1, 0.15) is 18.1 Å². The Hall–Kier alpha value is -3.34. The minimum Gasteiger partial charge on any atom is -0.491 e. The fourth-order valence-corrected chi connectivity index (χ4v) is 4.82. The molecule has 10 heteroatoms. The number of H-pyrrole nitrogens is 1. The molecule has 0 saturated carbocycles. The summed E-state index contributed by atoms with van der Waals surface area (Å²) in [7, 11) is 2.09. The number of rotatable bonds is 14. The number of amides is 1. The summed E-state index contributed by atoms with van der Waals surface area (Å²) in [6, 6.07) is 12.3. The summed E-state index contributed by atoms with van der Waals surface area (Å²) < 4.78 is 16.4. The van der Waals surface area contributed by atoms with Crippen LogP contribution in [0.5, 0.6) is 5.75 Å². The molecule has 0 unspecified atom stereocenters. The second-order valence-corrected chi connectivity index (χ2v) is 10.0. The molecule has 1 aromatic carbocycles. The van der Waals surface area contributed by atoms with Crippen molar-refractivity contribution in [1.82, 2.24) is 14.9 Å². The van der Waals surface area contributed by atoms with Crippen molar-refractivity contribution in [2.45, 2.75) is 38.8 Å². The summed E-state index contributed by atoms with van der Waals surface area (Å²) in [4.78, 5) is 25.4. The minimum absolute atomic E-state index is 0.0118. The number of aromatic amines is 1. The Morgan fingerprint density at radius 3 is 2.62 bits per heavy atom. The lowest BCUT2D eigenvalue weighted by Gasteiger charge is -2.37.